The lowest BCUT2D eigenvalue weighted by molar-refractivity contribution is -0.162. The van der Waals surface area contributed by atoms with Crippen molar-refractivity contribution in [3.8, 4) is 0 Å². The molecule has 0 aromatic rings. The summed E-state index contributed by atoms with van der Waals surface area (Å²) in [5.41, 5.74) is 0.647. The molecule has 0 aromatic carbocycles. The molecule has 0 amide bonds. The van der Waals surface area contributed by atoms with Crippen LogP contribution in [0.2, 0.25) is 0 Å². The normalized spacial score (nSPS) is 43.8. The number of carbonyl (C=O) groups is 1. The first-order chi connectivity index (χ1) is 16.6. The molecule has 202 valence electrons. The molecule has 4 aliphatic carbocycles. The molecule has 4 unspecified atom stereocenters. The SMILES string of the molecule is COC(=O)CC[C@@H](C)[C@H]1CCC2C3C[C@H](O)[C@@H]4CC(NCCNC(C)C)CC[C@]4(C)C3CC[C@@]21C. The van der Waals surface area contributed by atoms with Gasteiger partial charge in [-0.3, -0.25) is 4.79 Å². The van der Waals surface area contributed by atoms with Gasteiger partial charge in [0, 0.05) is 31.6 Å². The van der Waals surface area contributed by atoms with Crippen molar-refractivity contribution in [2.45, 2.75) is 117 Å². The van der Waals surface area contributed by atoms with E-state index in [-0.39, 0.29) is 17.5 Å². The van der Waals surface area contributed by atoms with Gasteiger partial charge in [0.2, 0.25) is 0 Å². The largest absolute Gasteiger partial charge is 0.469 e. The molecule has 10 atom stereocenters. The minimum atomic E-state index is -0.155. The van der Waals surface area contributed by atoms with Gasteiger partial charge in [-0.25, -0.2) is 0 Å². The number of methoxy groups -OCH3 is 1. The zero-order chi connectivity index (χ0) is 25.4. The summed E-state index contributed by atoms with van der Waals surface area (Å²) < 4.78 is 4.91. The molecule has 0 heterocycles. The zero-order valence-corrected chi connectivity index (χ0v) is 23.4. The molecule has 35 heavy (non-hydrogen) atoms. The van der Waals surface area contributed by atoms with E-state index < -0.39 is 0 Å². The van der Waals surface area contributed by atoms with Gasteiger partial charge in [0.25, 0.3) is 0 Å². The molecular formula is C30H54N2O3. The van der Waals surface area contributed by atoms with Crippen LogP contribution in [0.15, 0.2) is 0 Å². The topological polar surface area (TPSA) is 70.6 Å². The number of nitrogens with one attached hydrogen (secondary N) is 2. The molecule has 4 saturated carbocycles. The second kappa shape index (κ2) is 11.0. The maximum absolute atomic E-state index is 11.8. The van der Waals surface area contributed by atoms with Gasteiger partial charge in [-0.1, -0.05) is 34.6 Å². The summed E-state index contributed by atoms with van der Waals surface area (Å²) in [5.74, 6) is 3.79. The van der Waals surface area contributed by atoms with E-state index in [0.29, 0.717) is 47.6 Å². The third-order valence-corrected chi connectivity index (χ3v) is 11.6. The number of carbonyl (C=O) groups excluding carboxylic acids is 1. The van der Waals surface area contributed by atoms with Crippen molar-refractivity contribution in [1.29, 1.82) is 0 Å². The minimum absolute atomic E-state index is 0.0732. The van der Waals surface area contributed by atoms with E-state index >= 15 is 0 Å². The molecule has 5 nitrogen and oxygen atoms in total. The molecular weight excluding hydrogens is 436 g/mol. The number of esters is 1. The maximum atomic E-state index is 11.8. The Morgan fingerprint density at radius 2 is 1.69 bits per heavy atom. The van der Waals surface area contributed by atoms with Crippen LogP contribution in [0.1, 0.15) is 98.8 Å². The van der Waals surface area contributed by atoms with E-state index in [9.17, 15) is 9.90 Å². The first-order valence-corrected chi connectivity index (χ1v) is 14.8. The lowest BCUT2D eigenvalue weighted by Crippen LogP contribution is -2.59. The Morgan fingerprint density at radius 1 is 0.971 bits per heavy atom. The summed E-state index contributed by atoms with van der Waals surface area (Å²) in [7, 11) is 1.50. The fourth-order valence-electron chi connectivity index (χ4n) is 9.75. The molecule has 0 aliphatic heterocycles. The highest BCUT2D eigenvalue weighted by molar-refractivity contribution is 5.69. The van der Waals surface area contributed by atoms with Crippen LogP contribution in [0.3, 0.4) is 0 Å². The van der Waals surface area contributed by atoms with Crippen LogP contribution in [0, 0.1) is 46.3 Å². The average molecular weight is 491 g/mol. The molecule has 5 heteroatoms. The van der Waals surface area contributed by atoms with Crippen LogP contribution in [-0.4, -0.2) is 49.5 Å². The van der Waals surface area contributed by atoms with Crippen molar-refractivity contribution in [2.24, 2.45) is 46.3 Å². The van der Waals surface area contributed by atoms with Gasteiger partial charge in [0.1, 0.15) is 0 Å². The van der Waals surface area contributed by atoms with Crippen molar-refractivity contribution >= 4 is 5.97 Å². The second-order valence-electron chi connectivity index (χ2n) is 13.6. The first-order valence-electron chi connectivity index (χ1n) is 14.8. The zero-order valence-electron chi connectivity index (χ0n) is 23.4. The van der Waals surface area contributed by atoms with Gasteiger partial charge in [-0.2, -0.15) is 0 Å². The first kappa shape index (κ1) is 27.4. The predicted octanol–water partition coefficient (Wildman–Crippen LogP) is 5.16. The number of fused-ring (bicyclic) bond motifs is 5. The quantitative estimate of drug-likeness (QED) is 0.308. The number of hydrogen-bond donors (Lipinski definition) is 3. The number of hydrogen-bond acceptors (Lipinski definition) is 5. The minimum Gasteiger partial charge on any atom is -0.469 e. The summed E-state index contributed by atoms with van der Waals surface area (Å²) in [6, 6.07) is 1.08. The van der Waals surface area contributed by atoms with Crippen LogP contribution in [0.25, 0.3) is 0 Å². The van der Waals surface area contributed by atoms with E-state index in [1.54, 1.807) is 0 Å². The Balaban J connectivity index is 1.40. The lowest BCUT2D eigenvalue weighted by atomic mass is 9.43. The molecule has 4 fully saturated rings. The lowest BCUT2D eigenvalue weighted by Gasteiger charge is -2.62. The number of rotatable bonds is 9. The highest BCUT2D eigenvalue weighted by Crippen LogP contribution is 2.68. The van der Waals surface area contributed by atoms with Crippen molar-refractivity contribution in [2.75, 3.05) is 20.2 Å². The average Bonchev–Trinajstić information content (AvgIpc) is 3.18. The Hall–Kier alpha value is -0.650. The molecule has 0 saturated heterocycles. The Bertz CT molecular complexity index is 728. The highest BCUT2D eigenvalue weighted by atomic mass is 16.5. The van der Waals surface area contributed by atoms with Crippen LogP contribution in [0.4, 0.5) is 0 Å². The molecule has 4 rings (SSSR count). The summed E-state index contributed by atoms with van der Waals surface area (Å²) in [6.45, 7) is 13.9. The van der Waals surface area contributed by atoms with Gasteiger partial charge in [0.05, 0.1) is 13.2 Å². The molecule has 3 N–H and O–H groups in total. The molecule has 0 radical (unpaired) electrons. The van der Waals surface area contributed by atoms with Crippen LogP contribution >= 0.6 is 0 Å². The van der Waals surface area contributed by atoms with Crippen LogP contribution in [-0.2, 0) is 9.53 Å². The van der Waals surface area contributed by atoms with E-state index in [1.165, 1.54) is 45.6 Å². The fraction of sp³-hybridized carbons (Fsp3) is 0.967. The van der Waals surface area contributed by atoms with Gasteiger partial charge < -0.3 is 20.5 Å². The molecule has 0 spiro atoms. The Labute approximate surface area is 214 Å². The number of aliphatic hydroxyl groups excluding tert-OH is 1. The fourth-order valence-corrected chi connectivity index (χ4v) is 9.75. The van der Waals surface area contributed by atoms with E-state index in [1.807, 2.05) is 0 Å². The van der Waals surface area contributed by atoms with Gasteiger partial charge in [0.15, 0.2) is 0 Å². The standard InChI is InChI=1S/C30H54N2O3/c1-19(2)31-15-16-32-21-11-13-30(5)25-12-14-29(4)23(20(3)7-10-28(34)35-6)8-9-24(29)22(25)18-27(33)26(30)17-21/h19-27,31-33H,7-18H2,1-6H3/t20-,21?,22?,23-,24?,25?,26+,27+,29-,30-/m1/s1. The van der Waals surface area contributed by atoms with Gasteiger partial charge in [-0.15, -0.1) is 0 Å². The Kier molecular flexibility index (Phi) is 8.60. The van der Waals surface area contributed by atoms with Crippen molar-refractivity contribution in [3.05, 3.63) is 0 Å². The van der Waals surface area contributed by atoms with Gasteiger partial charge in [-0.05, 0) is 104 Å². The Morgan fingerprint density at radius 3 is 2.40 bits per heavy atom. The molecule has 0 aromatic heterocycles. The van der Waals surface area contributed by atoms with Crippen molar-refractivity contribution < 1.29 is 14.6 Å². The monoisotopic (exact) mass is 490 g/mol. The van der Waals surface area contributed by atoms with E-state index in [4.69, 9.17) is 4.74 Å². The van der Waals surface area contributed by atoms with Crippen LogP contribution < -0.4 is 10.6 Å². The van der Waals surface area contributed by atoms with Crippen LogP contribution in [0.5, 0.6) is 0 Å². The summed E-state index contributed by atoms with van der Waals surface area (Å²) in [6.07, 6.45) is 11.2. The predicted molar refractivity (Wildman–Crippen MR) is 142 cm³/mol. The third-order valence-electron chi connectivity index (χ3n) is 11.6. The number of ether oxygens (including phenoxy) is 1. The molecule has 4 aliphatic rings. The van der Waals surface area contributed by atoms with E-state index in [0.717, 1.165) is 44.2 Å². The van der Waals surface area contributed by atoms with Gasteiger partial charge >= 0.3 is 5.97 Å². The summed E-state index contributed by atoms with van der Waals surface area (Å²) in [4.78, 5) is 11.8. The van der Waals surface area contributed by atoms with E-state index in [2.05, 4.69) is 45.3 Å². The summed E-state index contributed by atoms with van der Waals surface area (Å²) in [5, 5.41) is 18.8. The second-order valence-corrected chi connectivity index (χ2v) is 13.6. The third kappa shape index (κ3) is 5.34. The van der Waals surface area contributed by atoms with Crippen molar-refractivity contribution in [1.82, 2.24) is 10.6 Å². The molecule has 0 bridgehead atoms. The smallest absolute Gasteiger partial charge is 0.305 e. The maximum Gasteiger partial charge on any atom is 0.305 e. The van der Waals surface area contributed by atoms with Crippen molar-refractivity contribution in [3.63, 3.8) is 0 Å². The highest BCUT2D eigenvalue weighted by Gasteiger charge is 2.62. The number of aliphatic hydroxyl groups is 1. The summed E-state index contributed by atoms with van der Waals surface area (Å²) >= 11 is 0.